The quantitative estimate of drug-likeness (QED) is 0.659. The van der Waals surface area contributed by atoms with Crippen LogP contribution < -0.4 is 4.90 Å². The van der Waals surface area contributed by atoms with Gasteiger partial charge < -0.3 is 4.90 Å². The number of anilines is 1. The van der Waals surface area contributed by atoms with E-state index in [9.17, 15) is 14.0 Å². The second-order valence-electron chi connectivity index (χ2n) is 9.18. The lowest BCUT2D eigenvalue weighted by atomic mass is 9.32. The van der Waals surface area contributed by atoms with Crippen molar-refractivity contribution in [3.8, 4) is 0 Å². The highest BCUT2D eigenvalue weighted by molar-refractivity contribution is 5.93. The van der Waals surface area contributed by atoms with Crippen molar-refractivity contribution >= 4 is 17.4 Å². The van der Waals surface area contributed by atoms with E-state index >= 15 is 0 Å². The predicted octanol–water partition coefficient (Wildman–Crippen LogP) is 4.83. The summed E-state index contributed by atoms with van der Waals surface area (Å²) in [5, 5.41) is 0. The van der Waals surface area contributed by atoms with Gasteiger partial charge >= 0.3 is 0 Å². The van der Waals surface area contributed by atoms with E-state index in [0.29, 0.717) is 24.3 Å². The first-order valence-corrected chi connectivity index (χ1v) is 10.7. The summed E-state index contributed by atoms with van der Waals surface area (Å²) in [5.41, 5.74) is 4.12. The molecule has 4 nitrogen and oxygen atoms in total. The van der Waals surface area contributed by atoms with Gasteiger partial charge in [0.15, 0.2) is 0 Å². The Labute approximate surface area is 177 Å². The number of carbonyl (C=O) groups excluding carboxylic acids is 2. The van der Waals surface area contributed by atoms with Crippen LogP contribution in [0.2, 0.25) is 0 Å². The van der Waals surface area contributed by atoms with E-state index in [-0.39, 0.29) is 22.6 Å². The van der Waals surface area contributed by atoms with E-state index in [1.165, 1.54) is 4.90 Å². The molecule has 0 radical (unpaired) electrons. The molecular weight excluding hydrogens is 379 g/mol. The summed E-state index contributed by atoms with van der Waals surface area (Å²) in [4.78, 5) is 30.6. The first-order chi connectivity index (χ1) is 14.2. The maximum atomic E-state index is 14.7. The zero-order chi connectivity index (χ0) is 21.7. The number of ketones is 1. The van der Waals surface area contributed by atoms with Crippen molar-refractivity contribution in [1.29, 1.82) is 0 Å². The zero-order valence-electron chi connectivity index (χ0n) is 18.2. The van der Waals surface area contributed by atoms with Gasteiger partial charge in [-0.2, -0.15) is 0 Å². The molecule has 1 aromatic heterocycles. The molecule has 0 atom stereocenters. The zero-order valence-corrected chi connectivity index (χ0v) is 18.2. The molecule has 0 saturated heterocycles. The minimum Gasteiger partial charge on any atom is -0.313 e. The molecule has 0 aliphatic heterocycles. The van der Waals surface area contributed by atoms with Crippen molar-refractivity contribution in [3.63, 3.8) is 0 Å². The molecule has 1 heterocycles. The van der Waals surface area contributed by atoms with Gasteiger partial charge in [-0.15, -0.1) is 0 Å². The van der Waals surface area contributed by atoms with Crippen molar-refractivity contribution in [3.05, 3.63) is 58.7 Å². The number of amides is 1. The third-order valence-electron chi connectivity index (χ3n) is 7.18. The van der Waals surface area contributed by atoms with E-state index in [2.05, 4.69) is 11.1 Å². The highest BCUT2D eigenvalue weighted by atomic mass is 19.1. The number of hydrogen-bond acceptors (Lipinski definition) is 3. The Bertz CT molecular complexity index is 1010. The molecule has 5 heteroatoms. The lowest BCUT2D eigenvalue weighted by molar-refractivity contribution is -0.173. The molecule has 1 aromatic carbocycles. The molecule has 30 heavy (non-hydrogen) atoms. The SMILES string of the molecule is CCC(=O)N(C)c1ccc(C23CC(C(=O)CCc4ccc(C)nc4C)(C2)C3)cc1F. The molecule has 5 rings (SSSR count). The summed E-state index contributed by atoms with van der Waals surface area (Å²) in [6.07, 6.45) is 4.04. The van der Waals surface area contributed by atoms with Crippen LogP contribution in [0, 0.1) is 25.1 Å². The first-order valence-electron chi connectivity index (χ1n) is 10.7. The molecule has 158 valence electrons. The summed E-state index contributed by atoms with van der Waals surface area (Å²) in [7, 11) is 1.60. The average molecular weight is 409 g/mol. The highest BCUT2D eigenvalue weighted by Crippen LogP contribution is 2.74. The van der Waals surface area contributed by atoms with Crippen molar-refractivity contribution < 1.29 is 14.0 Å². The van der Waals surface area contributed by atoms with Gasteiger partial charge in [0, 0.05) is 36.7 Å². The van der Waals surface area contributed by atoms with E-state index in [1.54, 1.807) is 26.1 Å². The Hall–Kier alpha value is -2.56. The van der Waals surface area contributed by atoms with Crippen molar-refractivity contribution in [2.75, 3.05) is 11.9 Å². The number of aromatic nitrogens is 1. The lowest BCUT2D eigenvalue weighted by Gasteiger charge is -2.70. The van der Waals surface area contributed by atoms with Crippen LogP contribution in [0.5, 0.6) is 0 Å². The summed E-state index contributed by atoms with van der Waals surface area (Å²) in [5.74, 6) is -0.158. The number of rotatable bonds is 7. The molecular formula is C25H29FN2O2. The van der Waals surface area contributed by atoms with Crippen LogP contribution >= 0.6 is 0 Å². The third-order valence-corrected chi connectivity index (χ3v) is 7.18. The number of pyridine rings is 1. The normalized spacial score (nSPS) is 24.0. The number of Topliss-reactive ketones (excluding diaryl/α,β-unsaturated/α-hetero) is 1. The van der Waals surface area contributed by atoms with Crippen molar-refractivity contribution in [2.45, 2.75) is 64.7 Å². The number of carbonyl (C=O) groups is 2. The fourth-order valence-electron chi connectivity index (χ4n) is 5.36. The number of nitrogens with zero attached hydrogens (tertiary/aromatic N) is 2. The van der Waals surface area contributed by atoms with Crippen LogP contribution in [0.1, 0.15) is 61.5 Å². The topological polar surface area (TPSA) is 50.3 Å². The van der Waals surface area contributed by atoms with Gasteiger partial charge in [0.1, 0.15) is 11.6 Å². The summed E-state index contributed by atoms with van der Waals surface area (Å²) >= 11 is 0. The van der Waals surface area contributed by atoms with Gasteiger partial charge in [-0.3, -0.25) is 14.6 Å². The Kier molecular flexibility index (Phi) is 5.03. The Balaban J connectivity index is 1.39. The number of hydrogen-bond donors (Lipinski definition) is 0. The van der Waals surface area contributed by atoms with Crippen molar-refractivity contribution in [1.82, 2.24) is 4.98 Å². The fraction of sp³-hybridized carbons (Fsp3) is 0.480. The van der Waals surface area contributed by atoms with Gasteiger partial charge in [-0.1, -0.05) is 19.1 Å². The molecule has 3 aliphatic rings. The molecule has 3 saturated carbocycles. The van der Waals surface area contributed by atoms with E-state index in [0.717, 1.165) is 48.2 Å². The van der Waals surface area contributed by atoms with Gasteiger partial charge in [0.2, 0.25) is 5.91 Å². The molecule has 1 amide bonds. The largest absolute Gasteiger partial charge is 0.313 e. The number of halogens is 1. The van der Waals surface area contributed by atoms with E-state index < -0.39 is 0 Å². The van der Waals surface area contributed by atoms with E-state index in [1.807, 2.05) is 26.0 Å². The van der Waals surface area contributed by atoms with Crippen LogP contribution in [-0.2, 0) is 21.4 Å². The van der Waals surface area contributed by atoms with E-state index in [4.69, 9.17) is 0 Å². The third kappa shape index (κ3) is 3.24. The number of aryl methyl sites for hydroxylation is 3. The summed E-state index contributed by atoms with van der Waals surface area (Å²) < 4.78 is 14.7. The van der Waals surface area contributed by atoms with Gasteiger partial charge in [0.05, 0.1) is 5.69 Å². The minimum absolute atomic E-state index is 0.0658. The van der Waals surface area contributed by atoms with Crippen LogP contribution in [0.25, 0.3) is 0 Å². The summed E-state index contributed by atoms with van der Waals surface area (Å²) in [6.45, 7) is 5.73. The Morgan fingerprint density at radius 2 is 1.83 bits per heavy atom. The molecule has 3 fully saturated rings. The average Bonchev–Trinajstić information content (AvgIpc) is 2.64. The van der Waals surface area contributed by atoms with Gasteiger partial charge in [-0.05, 0) is 74.3 Å². The molecule has 0 N–H and O–H groups in total. The molecule has 0 spiro atoms. The fourth-order valence-corrected chi connectivity index (χ4v) is 5.36. The second kappa shape index (κ2) is 7.29. The number of benzene rings is 1. The van der Waals surface area contributed by atoms with Gasteiger partial charge in [-0.25, -0.2) is 4.39 Å². The standard InChI is InChI=1S/C25H29FN2O2/c1-5-23(30)28(4)21-10-9-19(12-20(21)26)24-13-25(14-24,15-24)22(29)11-8-18-7-6-16(2)27-17(18)3/h6-7,9-10,12H,5,8,11,13-15H2,1-4H3. The van der Waals surface area contributed by atoms with Crippen LogP contribution in [-0.4, -0.2) is 23.7 Å². The molecule has 0 unspecified atom stereocenters. The Morgan fingerprint density at radius 1 is 1.13 bits per heavy atom. The Morgan fingerprint density at radius 3 is 2.43 bits per heavy atom. The van der Waals surface area contributed by atoms with Crippen LogP contribution in [0.15, 0.2) is 30.3 Å². The monoisotopic (exact) mass is 408 g/mol. The summed E-state index contributed by atoms with van der Waals surface area (Å²) in [6, 6.07) is 9.24. The lowest BCUT2D eigenvalue weighted by Crippen LogP contribution is -2.67. The predicted molar refractivity (Wildman–Crippen MR) is 115 cm³/mol. The first kappa shape index (κ1) is 20.7. The van der Waals surface area contributed by atoms with Crippen molar-refractivity contribution in [2.24, 2.45) is 5.41 Å². The maximum absolute atomic E-state index is 14.7. The molecule has 2 bridgehead atoms. The minimum atomic E-state index is -0.371. The highest BCUT2D eigenvalue weighted by Gasteiger charge is 2.71. The second-order valence-corrected chi connectivity index (χ2v) is 9.18. The smallest absolute Gasteiger partial charge is 0.226 e. The molecule has 2 aromatic rings. The van der Waals surface area contributed by atoms with Crippen LogP contribution in [0.4, 0.5) is 10.1 Å². The molecule has 3 aliphatic carbocycles. The van der Waals surface area contributed by atoms with Crippen LogP contribution in [0.3, 0.4) is 0 Å². The maximum Gasteiger partial charge on any atom is 0.226 e. The van der Waals surface area contributed by atoms with Gasteiger partial charge in [0.25, 0.3) is 0 Å².